The predicted molar refractivity (Wildman–Crippen MR) is 79.5 cm³/mol. The monoisotopic (exact) mass is 293 g/mol. The second-order valence-electron chi connectivity index (χ2n) is 3.75. The van der Waals surface area contributed by atoms with Crippen LogP contribution in [0, 0.1) is 0 Å². The molecule has 2 rings (SSSR count). The van der Waals surface area contributed by atoms with Gasteiger partial charge in [-0.2, -0.15) is 0 Å². The molecule has 1 amide bonds. The van der Waals surface area contributed by atoms with Gasteiger partial charge in [0.05, 0.1) is 0 Å². The van der Waals surface area contributed by atoms with Gasteiger partial charge in [-0.1, -0.05) is 18.2 Å². The van der Waals surface area contributed by atoms with E-state index < -0.39 is 0 Å². The zero-order valence-electron chi connectivity index (χ0n) is 10.3. The number of aromatic nitrogens is 1. The second kappa shape index (κ2) is 7.28. The van der Waals surface area contributed by atoms with Gasteiger partial charge in [0, 0.05) is 29.1 Å². The summed E-state index contributed by atoms with van der Waals surface area (Å²) in [5.41, 5.74) is 5.92. The Morgan fingerprint density at radius 3 is 2.84 bits per heavy atom. The summed E-state index contributed by atoms with van der Waals surface area (Å²) < 4.78 is 0. The fraction of sp³-hybridized carbons (Fsp3) is 0.231. The van der Waals surface area contributed by atoms with E-state index in [9.17, 15) is 4.79 Å². The number of nitrogens with zero attached hydrogens (tertiary/aromatic N) is 1. The smallest absolute Gasteiger partial charge is 0.270 e. The number of thioether (sulfide) groups is 1. The topological polar surface area (TPSA) is 68.0 Å². The van der Waals surface area contributed by atoms with Gasteiger partial charge in [0.25, 0.3) is 5.91 Å². The Morgan fingerprint density at radius 2 is 2.16 bits per heavy atom. The summed E-state index contributed by atoms with van der Waals surface area (Å²) in [5, 5.41) is 5.37. The Hall–Kier alpha value is -1.37. The molecule has 0 aliphatic heterocycles. The Bertz CT molecular complexity index is 528. The van der Waals surface area contributed by atoms with E-state index in [1.165, 1.54) is 16.2 Å². The Balaban J connectivity index is 1.72. The molecule has 2 aromatic rings. The molecule has 1 aromatic heterocycles. The molecule has 0 saturated carbocycles. The summed E-state index contributed by atoms with van der Waals surface area (Å²) in [4.78, 5) is 17.1. The van der Waals surface area contributed by atoms with Crippen LogP contribution in [0.4, 0.5) is 0 Å². The van der Waals surface area contributed by atoms with Crippen molar-refractivity contribution >= 4 is 29.0 Å². The lowest BCUT2D eigenvalue weighted by Crippen LogP contribution is -2.26. The van der Waals surface area contributed by atoms with Crippen LogP contribution in [-0.4, -0.2) is 23.2 Å². The van der Waals surface area contributed by atoms with E-state index in [-0.39, 0.29) is 5.91 Å². The molecule has 0 bridgehead atoms. The molecule has 4 nitrogen and oxygen atoms in total. The molecule has 1 aromatic carbocycles. The number of benzene rings is 1. The van der Waals surface area contributed by atoms with Gasteiger partial charge in [-0.15, -0.1) is 23.1 Å². The van der Waals surface area contributed by atoms with E-state index in [0.29, 0.717) is 18.8 Å². The van der Waals surface area contributed by atoms with Crippen LogP contribution in [0.3, 0.4) is 0 Å². The molecule has 100 valence electrons. The van der Waals surface area contributed by atoms with Crippen LogP contribution in [0.5, 0.6) is 0 Å². The van der Waals surface area contributed by atoms with Crippen LogP contribution in [0.25, 0.3) is 0 Å². The van der Waals surface area contributed by atoms with Crippen molar-refractivity contribution in [2.24, 2.45) is 5.73 Å². The van der Waals surface area contributed by atoms with Crippen LogP contribution in [0.2, 0.25) is 0 Å². The molecule has 0 radical (unpaired) electrons. The van der Waals surface area contributed by atoms with E-state index in [4.69, 9.17) is 5.73 Å². The minimum atomic E-state index is -0.135. The molecule has 6 heteroatoms. The maximum Gasteiger partial charge on any atom is 0.270 e. The Kier molecular flexibility index (Phi) is 5.38. The van der Waals surface area contributed by atoms with Gasteiger partial charge in [0.2, 0.25) is 0 Å². The fourth-order valence-corrected chi connectivity index (χ4v) is 2.89. The van der Waals surface area contributed by atoms with Gasteiger partial charge in [0.1, 0.15) is 10.7 Å². The zero-order valence-corrected chi connectivity index (χ0v) is 12.0. The van der Waals surface area contributed by atoms with Crippen LogP contribution < -0.4 is 11.1 Å². The second-order valence-corrected chi connectivity index (χ2v) is 5.86. The summed E-state index contributed by atoms with van der Waals surface area (Å²) in [7, 11) is 0. The van der Waals surface area contributed by atoms with E-state index in [1.807, 2.05) is 18.2 Å². The number of thiazole rings is 1. The minimum Gasteiger partial charge on any atom is -0.350 e. The van der Waals surface area contributed by atoms with Crippen LogP contribution in [-0.2, 0) is 6.54 Å². The van der Waals surface area contributed by atoms with E-state index in [0.717, 1.165) is 10.8 Å². The Labute approximate surface area is 120 Å². The highest BCUT2D eigenvalue weighted by Gasteiger charge is 2.09. The van der Waals surface area contributed by atoms with Gasteiger partial charge in [0.15, 0.2) is 0 Å². The van der Waals surface area contributed by atoms with Crippen molar-refractivity contribution in [3.63, 3.8) is 0 Å². The first-order valence-electron chi connectivity index (χ1n) is 5.90. The number of carbonyl (C=O) groups is 1. The zero-order chi connectivity index (χ0) is 13.5. The van der Waals surface area contributed by atoms with Crippen molar-refractivity contribution < 1.29 is 4.79 Å². The lowest BCUT2D eigenvalue weighted by molar-refractivity contribution is 0.0951. The summed E-state index contributed by atoms with van der Waals surface area (Å²) in [5.74, 6) is 0.702. The largest absolute Gasteiger partial charge is 0.350 e. The summed E-state index contributed by atoms with van der Waals surface area (Å²) in [6.07, 6.45) is 0. The third-order valence-corrected chi connectivity index (χ3v) is 4.24. The number of nitrogens with one attached hydrogen (secondary N) is 1. The molecule has 1 heterocycles. The molecular formula is C13H15N3OS2. The van der Waals surface area contributed by atoms with E-state index in [1.54, 1.807) is 17.1 Å². The van der Waals surface area contributed by atoms with Crippen molar-refractivity contribution in [3.05, 3.63) is 46.4 Å². The third-order valence-electron chi connectivity index (χ3n) is 2.36. The molecule has 0 saturated heterocycles. The van der Waals surface area contributed by atoms with E-state index >= 15 is 0 Å². The lowest BCUT2D eigenvalue weighted by Gasteiger charge is -2.03. The van der Waals surface area contributed by atoms with Crippen molar-refractivity contribution in [1.29, 1.82) is 0 Å². The molecule has 19 heavy (non-hydrogen) atoms. The number of hydrogen-bond donors (Lipinski definition) is 2. The summed E-state index contributed by atoms with van der Waals surface area (Å²) >= 11 is 3.13. The maximum absolute atomic E-state index is 11.8. The van der Waals surface area contributed by atoms with Crippen molar-refractivity contribution in [2.75, 3.05) is 12.3 Å². The highest BCUT2D eigenvalue weighted by Crippen LogP contribution is 2.15. The number of rotatable bonds is 6. The van der Waals surface area contributed by atoms with Gasteiger partial charge in [-0.3, -0.25) is 4.79 Å². The SMILES string of the molecule is NCc1nc(C(=O)NCCSc2ccccc2)cs1. The first-order chi connectivity index (χ1) is 9.29. The van der Waals surface area contributed by atoms with Crippen LogP contribution >= 0.6 is 23.1 Å². The Morgan fingerprint density at radius 1 is 1.37 bits per heavy atom. The molecule has 0 aliphatic carbocycles. The van der Waals surface area contributed by atoms with Gasteiger partial charge >= 0.3 is 0 Å². The van der Waals surface area contributed by atoms with E-state index in [2.05, 4.69) is 22.4 Å². The molecule has 0 fully saturated rings. The maximum atomic E-state index is 11.8. The third kappa shape index (κ3) is 4.34. The van der Waals surface area contributed by atoms with Crippen molar-refractivity contribution in [3.8, 4) is 0 Å². The number of hydrogen-bond acceptors (Lipinski definition) is 5. The van der Waals surface area contributed by atoms with Crippen molar-refractivity contribution in [2.45, 2.75) is 11.4 Å². The molecule has 0 atom stereocenters. The normalized spacial score (nSPS) is 10.4. The predicted octanol–water partition coefficient (Wildman–Crippen LogP) is 2.12. The molecule has 0 spiro atoms. The highest BCUT2D eigenvalue weighted by molar-refractivity contribution is 7.99. The first kappa shape index (κ1) is 14.0. The van der Waals surface area contributed by atoms with Crippen molar-refractivity contribution in [1.82, 2.24) is 10.3 Å². The fourth-order valence-electron chi connectivity index (χ4n) is 1.45. The number of amides is 1. The summed E-state index contributed by atoms with van der Waals surface area (Å²) in [6, 6.07) is 10.1. The van der Waals surface area contributed by atoms with Gasteiger partial charge in [-0.05, 0) is 12.1 Å². The van der Waals surface area contributed by atoms with Crippen LogP contribution in [0.1, 0.15) is 15.5 Å². The van der Waals surface area contributed by atoms with Gasteiger partial charge < -0.3 is 11.1 Å². The molecule has 3 N–H and O–H groups in total. The average molecular weight is 293 g/mol. The molecule has 0 unspecified atom stereocenters. The molecule has 0 aliphatic rings. The average Bonchev–Trinajstić information content (AvgIpc) is 2.93. The lowest BCUT2D eigenvalue weighted by atomic mass is 10.4. The summed E-state index contributed by atoms with van der Waals surface area (Å²) in [6.45, 7) is 0.996. The number of carbonyl (C=O) groups excluding carboxylic acids is 1. The number of nitrogens with two attached hydrogens (primary N) is 1. The molecular weight excluding hydrogens is 278 g/mol. The standard InChI is InChI=1S/C13H15N3OS2/c14-8-12-16-11(9-19-12)13(17)15-6-7-18-10-4-2-1-3-5-10/h1-5,9H,6-8,14H2,(H,15,17). The highest BCUT2D eigenvalue weighted by atomic mass is 32.2. The minimum absolute atomic E-state index is 0.135. The van der Waals surface area contributed by atoms with Crippen LogP contribution in [0.15, 0.2) is 40.6 Å². The quantitative estimate of drug-likeness (QED) is 0.632. The van der Waals surface area contributed by atoms with Gasteiger partial charge in [-0.25, -0.2) is 4.98 Å². The first-order valence-corrected chi connectivity index (χ1v) is 7.76.